The van der Waals surface area contributed by atoms with Crippen molar-refractivity contribution in [2.24, 2.45) is 0 Å². The second kappa shape index (κ2) is 9.68. The van der Waals surface area contributed by atoms with Crippen molar-refractivity contribution >= 4 is 29.2 Å². The molecule has 0 fully saturated rings. The average molecular weight is 431 g/mol. The largest absolute Gasteiger partial charge is 0.474 e. The minimum Gasteiger partial charge on any atom is -0.474 e. The predicted octanol–water partition coefficient (Wildman–Crippen LogP) is 6.78. The van der Waals surface area contributed by atoms with Gasteiger partial charge in [0.2, 0.25) is 6.10 Å². The highest BCUT2D eigenvalue weighted by molar-refractivity contribution is 6.31. The number of halogens is 2. The van der Waals surface area contributed by atoms with Gasteiger partial charge in [-0.2, -0.15) is 0 Å². The Kier molecular flexibility index (Phi) is 7.02. The minimum atomic E-state index is -0.903. The molecule has 150 valence electrons. The third-order valence-corrected chi connectivity index (χ3v) is 4.79. The van der Waals surface area contributed by atoms with E-state index in [4.69, 9.17) is 37.4 Å². The van der Waals surface area contributed by atoms with Crippen molar-refractivity contribution in [2.75, 3.05) is 6.61 Å². The zero-order valence-corrected chi connectivity index (χ0v) is 17.5. The summed E-state index contributed by atoms with van der Waals surface area (Å²) in [5, 5.41) is 1.27. The summed E-state index contributed by atoms with van der Waals surface area (Å²) in [6, 6.07) is 19.4. The van der Waals surface area contributed by atoms with Crippen LogP contribution in [0.3, 0.4) is 0 Å². The molecule has 0 bridgehead atoms. The van der Waals surface area contributed by atoms with E-state index in [1.54, 1.807) is 73.7 Å². The van der Waals surface area contributed by atoms with Gasteiger partial charge in [0.15, 0.2) is 0 Å². The van der Waals surface area contributed by atoms with Gasteiger partial charge in [-0.3, -0.25) is 0 Å². The Labute approximate surface area is 179 Å². The van der Waals surface area contributed by atoms with Crippen LogP contribution in [0.15, 0.2) is 66.7 Å². The molecule has 3 rings (SSSR count). The maximum absolute atomic E-state index is 12.5. The fourth-order valence-electron chi connectivity index (χ4n) is 2.65. The number of aryl methyl sites for hydroxylation is 1. The van der Waals surface area contributed by atoms with Gasteiger partial charge in [0, 0.05) is 15.6 Å². The van der Waals surface area contributed by atoms with Crippen molar-refractivity contribution in [3.8, 4) is 17.2 Å². The molecule has 0 saturated carbocycles. The summed E-state index contributed by atoms with van der Waals surface area (Å²) in [6.45, 7) is 3.89. The van der Waals surface area contributed by atoms with Gasteiger partial charge in [0.05, 0.1) is 6.61 Å². The Morgan fingerprint density at radius 3 is 2.07 bits per heavy atom. The van der Waals surface area contributed by atoms with Crippen LogP contribution in [0, 0.1) is 6.92 Å². The second-order valence-electron chi connectivity index (χ2n) is 6.29. The maximum atomic E-state index is 12.5. The highest BCUT2D eigenvalue weighted by atomic mass is 35.5. The summed E-state index contributed by atoms with van der Waals surface area (Å²) in [5.74, 6) is 1.36. The zero-order chi connectivity index (χ0) is 20.8. The van der Waals surface area contributed by atoms with Crippen LogP contribution in [0.25, 0.3) is 0 Å². The Hall–Kier alpha value is -2.69. The van der Waals surface area contributed by atoms with Crippen molar-refractivity contribution in [1.82, 2.24) is 0 Å². The Morgan fingerprint density at radius 1 is 0.897 bits per heavy atom. The lowest BCUT2D eigenvalue weighted by atomic mass is 10.1. The molecule has 0 N–H and O–H groups in total. The molecule has 3 aromatic rings. The van der Waals surface area contributed by atoms with Crippen molar-refractivity contribution in [1.29, 1.82) is 0 Å². The SMILES string of the molecule is CCOC(=O)C(Oc1ccc(Cl)c(C)c1)c1ccc(Oc2ccc(Cl)cc2)cc1. The second-order valence-corrected chi connectivity index (χ2v) is 7.13. The molecule has 4 nitrogen and oxygen atoms in total. The summed E-state index contributed by atoms with van der Waals surface area (Å²) >= 11 is 12.0. The number of hydrogen-bond donors (Lipinski definition) is 0. The van der Waals surface area contributed by atoms with Crippen LogP contribution in [-0.2, 0) is 9.53 Å². The molecule has 0 aliphatic heterocycles. The van der Waals surface area contributed by atoms with E-state index in [9.17, 15) is 4.79 Å². The van der Waals surface area contributed by atoms with Crippen LogP contribution >= 0.6 is 23.2 Å². The van der Waals surface area contributed by atoms with Gasteiger partial charge in [-0.1, -0.05) is 35.3 Å². The van der Waals surface area contributed by atoms with E-state index < -0.39 is 12.1 Å². The Bertz CT molecular complexity index is 969. The fraction of sp³-hybridized carbons (Fsp3) is 0.174. The van der Waals surface area contributed by atoms with Gasteiger partial charge in [0.1, 0.15) is 17.2 Å². The number of carbonyl (C=O) groups is 1. The number of rotatable bonds is 7. The lowest BCUT2D eigenvalue weighted by Gasteiger charge is -2.19. The first kappa shape index (κ1) is 21.0. The van der Waals surface area contributed by atoms with Gasteiger partial charge in [-0.05, 0) is 74.0 Å². The molecule has 6 heteroatoms. The molecule has 0 heterocycles. The smallest absolute Gasteiger partial charge is 0.352 e. The van der Waals surface area contributed by atoms with E-state index in [2.05, 4.69) is 0 Å². The van der Waals surface area contributed by atoms with E-state index in [-0.39, 0.29) is 6.61 Å². The van der Waals surface area contributed by atoms with E-state index >= 15 is 0 Å². The molecule has 0 radical (unpaired) electrons. The van der Waals surface area contributed by atoms with Crippen molar-refractivity contribution in [3.63, 3.8) is 0 Å². The number of benzene rings is 3. The molecule has 0 aliphatic carbocycles. The van der Waals surface area contributed by atoms with Crippen molar-refractivity contribution in [3.05, 3.63) is 87.9 Å². The molecule has 0 amide bonds. The monoisotopic (exact) mass is 430 g/mol. The Morgan fingerprint density at radius 2 is 1.48 bits per heavy atom. The molecule has 0 saturated heterocycles. The summed E-state index contributed by atoms with van der Waals surface area (Å²) in [4.78, 5) is 12.5. The fourth-order valence-corrected chi connectivity index (χ4v) is 2.89. The van der Waals surface area contributed by atoms with Crippen LogP contribution in [0.5, 0.6) is 17.2 Å². The molecule has 0 spiro atoms. The lowest BCUT2D eigenvalue weighted by molar-refractivity contribution is -0.151. The van der Waals surface area contributed by atoms with Gasteiger partial charge < -0.3 is 14.2 Å². The summed E-state index contributed by atoms with van der Waals surface area (Å²) in [6.07, 6.45) is -0.903. The molecule has 0 aromatic heterocycles. The summed E-state index contributed by atoms with van der Waals surface area (Å²) < 4.78 is 16.9. The number of ether oxygens (including phenoxy) is 3. The lowest BCUT2D eigenvalue weighted by Crippen LogP contribution is -2.21. The van der Waals surface area contributed by atoms with Crippen LogP contribution in [-0.4, -0.2) is 12.6 Å². The van der Waals surface area contributed by atoms with E-state index in [0.717, 1.165) is 5.56 Å². The van der Waals surface area contributed by atoms with Crippen LogP contribution in [0.2, 0.25) is 10.0 Å². The van der Waals surface area contributed by atoms with Crippen molar-refractivity contribution < 1.29 is 19.0 Å². The molecular formula is C23H20Cl2O4. The first-order valence-electron chi connectivity index (χ1n) is 9.09. The van der Waals surface area contributed by atoms with Crippen molar-refractivity contribution in [2.45, 2.75) is 20.0 Å². The van der Waals surface area contributed by atoms with Gasteiger partial charge in [-0.15, -0.1) is 0 Å². The molecule has 1 unspecified atom stereocenters. The number of carbonyl (C=O) groups excluding carboxylic acids is 1. The first-order valence-corrected chi connectivity index (χ1v) is 9.84. The van der Waals surface area contributed by atoms with E-state index in [1.165, 1.54) is 0 Å². The highest BCUT2D eigenvalue weighted by Gasteiger charge is 2.24. The highest BCUT2D eigenvalue weighted by Crippen LogP contribution is 2.29. The van der Waals surface area contributed by atoms with E-state index in [0.29, 0.717) is 32.9 Å². The predicted molar refractivity (Wildman–Crippen MR) is 114 cm³/mol. The number of hydrogen-bond acceptors (Lipinski definition) is 4. The molecule has 0 aliphatic rings. The minimum absolute atomic E-state index is 0.260. The molecule has 1 atom stereocenters. The quantitative estimate of drug-likeness (QED) is 0.387. The normalized spacial score (nSPS) is 11.6. The Balaban J connectivity index is 1.80. The summed E-state index contributed by atoms with van der Waals surface area (Å²) in [5.41, 5.74) is 1.51. The van der Waals surface area contributed by atoms with E-state index in [1.807, 2.05) is 6.92 Å². The first-order chi connectivity index (χ1) is 14.0. The molecular weight excluding hydrogens is 411 g/mol. The maximum Gasteiger partial charge on any atom is 0.352 e. The third-order valence-electron chi connectivity index (χ3n) is 4.12. The molecule has 3 aromatic carbocycles. The van der Waals surface area contributed by atoms with Crippen LogP contribution in [0.4, 0.5) is 0 Å². The standard InChI is InChI=1S/C23H20Cl2O4/c1-3-27-23(26)22(29-20-12-13-21(25)15(2)14-20)16-4-8-18(9-5-16)28-19-10-6-17(24)7-11-19/h4-14,22H,3H2,1-2H3. The van der Waals surface area contributed by atoms with Crippen LogP contribution in [0.1, 0.15) is 24.2 Å². The third kappa shape index (κ3) is 5.66. The van der Waals surface area contributed by atoms with Gasteiger partial charge >= 0.3 is 5.97 Å². The van der Waals surface area contributed by atoms with Crippen LogP contribution < -0.4 is 9.47 Å². The van der Waals surface area contributed by atoms with Gasteiger partial charge in [0.25, 0.3) is 0 Å². The zero-order valence-electron chi connectivity index (χ0n) is 16.0. The summed E-state index contributed by atoms with van der Waals surface area (Å²) in [7, 11) is 0. The average Bonchev–Trinajstić information content (AvgIpc) is 2.71. The number of esters is 1. The topological polar surface area (TPSA) is 44.8 Å². The molecule has 29 heavy (non-hydrogen) atoms. The van der Waals surface area contributed by atoms with Gasteiger partial charge in [-0.25, -0.2) is 4.79 Å².